The van der Waals surface area contributed by atoms with Crippen LogP contribution in [0.5, 0.6) is 5.75 Å². The van der Waals surface area contributed by atoms with Crippen molar-refractivity contribution in [1.82, 2.24) is 0 Å². The number of anilines is 1. The highest BCUT2D eigenvalue weighted by Gasteiger charge is 2.11. The van der Waals surface area contributed by atoms with Crippen LogP contribution in [0.25, 0.3) is 0 Å². The van der Waals surface area contributed by atoms with Gasteiger partial charge in [0.2, 0.25) is 0 Å². The lowest BCUT2D eigenvalue weighted by molar-refractivity contribution is -0.384. The first-order valence-electron chi connectivity index (χ1n) is 6.33. The Hall–Kier alpha value is -1.82. The van der Waals surface area contributed by atoms with Crippen molar-refractivity contribution >= 4 is 11.4 Å². The highest BCUT2D eigenvalue weighted by Crippen LogP contribution is 2.26. The fourth-order valence-corrected chi connectivity index (χ4v) is 1.66. The number of hydrogen-bond donors (Lipinski definition) is 2. The van der Waals surface area contributed by atoms with Crippen molar-refractivity contribution < 1.29 is 14.8 Å². The highest BCUT2D eigenvalue weighted by atomic mass is 16.6. The molecule has 1 atom stereocenters. The van der Waals surface area contributed by atoms with Crippen molar-refractivity contribution in [2.24, 2.45) is 5.92 Å². The molecule has 19 heavy (non-hydrogen) atoms. The molecule has 0 saturated carbocycles. The summed E-state index contributed by atoms with van der Waals surface area (Å²) >= 11 is 0. The average Bonchev–Trinajstić information content (AvgIpc) is 2.37. The van der Waals surface area contributed by atoms with E-state index in [1.807, 2.05) is 13.8 Å². The van der Waals surface area contributed by atoms with Crippen LogP contribution in [0.2, 0.25) is 0 Å². The van der Waals surface area contributed by atoms with Gasteiger partial charge in [-0.15, -0.1) is 0 Å². The molecule has 1 unspecified atom stereocenters. The SMILES string of the molecule is CCOc1cc(NCC(C)CCO)cc([N+](=O)[O-])c1. The van der Waals surface area contributed by atoms with Crippen LogP contribution >= 0.6 is 0 Å². The maximum atomic E-state index is 10.8. The molecule has 0 aliphatic heterocycles. The molecule has 1 rings (SSSR count). The summed E-state index contributed by atoms with van der Waals surface area (Å²) < 4.78 is 5.31. The Morgan fingerprint density at radius 2 is 2.21 bits per heavy atom. The van der Waals surface area contributed by atoms with Crippen LogP contribution in [-0.4, -0.2) is 29.8 Å². The largest absolute Gasteiger partial charge is 0.494 e. The van der Waals surface area contributed by atoms with Crippen LogP contribution in [0.4, 0.5) is 11.4 Å². The van der Waals surface area contributed by atoms with Crippen molar-refractivity contribution in [2.45, 2.75) is 20.3 Å². The number of aliphatic hydroxyl groups is 1. The molecule has 6 nitrogen and oxygen atoms in total. The Morgan fingerprint density at radius 3 is 2.79 bits per heavy atom. The molecule has 0 heterocycles. The summed E-state index contributed by atoms with van der Waals surface area (Å²) in [5.74, 6) is 0.772. The molecule has 0 aliphatic rings. The van der Waals surface area contributed by atoms with E-state index in [1.54, 1.807) is 6.07 Å². The second-order valence-corrected chi connectivity index (χ2v) is 4.40. The minimum atomic E-state index is -0.440. The molecule has 0 amide bonds. The lowest BCUT2D eigenvalue weighted by atomic mass is 10.1. The monoisotopic (exact) mass is 268 g/mol. The molecule has 106 valence electrons. The van der Waals surface area contributed by atoms with Gasteiger partial charge in [-0.25, -0.2) is 0 Å². The van der Waals surface area contributed by atoms with Gasteiger partial charge in [0.1, 0.15) is 5.75 Å². The first kappa shape index (κ1) is 15.2. The number of nitrogens with one attached hydrogen (secondary N) is 1. The summed E-state index contributed by atoms with van der Waals surface area (Å²) in [4.78, 5) is 10.4. The van der Waals surface area contributed by atoms with E-state index in [0.29, 0.717) is 36.9 Å². The molecule has 0 bridgehead atoms. The van der Waals surface area contributed by atoms with Crippen molar-refractivity contribution in [3.8, 4) is 5.75 Å². The molecule has 1 aromatic carbocycles. The van der Waals surface area contributed by atoms with Crippen LogP contribution in [0.3, 0.4) is 0 Å². The molecule has 0 radical (unpaired) electrons. The summed E-state index contributed by atoms with van der Waals surface area (Å²) in [5, 5.41) is 22.8. The third kappa shape index (κ3) is 5.13. The Labute approximate surface area is 112 Å². The molecular formula is C13H20N2O4. The molecule has 0 spiro atoms. The van der Waals surface area contributed by atoms with Gasteiger partial charge in [0.25, 0.3) is 5.69 Å². The minimum absolute atomic E-state index is 0.00302. The quantitative estimate of drug-likeness (QED) is 0.558. The third-order valence-corrected chi connectivity index (χ3v) is 2.69. The zero-order chi connectivity index (χ0) is 14.3. The standard InChI is InChI=1S/C13H20N2O4/c1-3-19-13-7-11(6-12(8-13)15(17)18)14-9-10(2)4-5-16/h6-8,10,14,16H,3-5,9H2,1-2H3. The van der Waals surface area contributed by atoms with Gasteiger partial charge < -0.3 is 15.2 Å². The van der Waals surface area contributed by atoms with Gasteiger partial charge in [0, 0.05) is 31.0 Å². The Morgan fingerprint density at radius 1 is 1.47 bits per heavy atom. The fourth-order valence-electron chi connectivity index (χ4n) is 1.66. The van der Waals surface area contributed by atoms with E-state index in [4.69, 9.17) is 9.84 Å². The summed E-state index contributed by atoms with van der Waals surface area (Å²) in [6.45, 7) is 5.08. The lowest BCUT2D eigenvalue weighted by Crippen LogP contribution is -2.12. The average molecular weight is 268 g/mol. The second-order valence-electron chi connectivity index (χ2n) is 4.40. The van der Waals surface area contributed by atoms with Crippen LogP contribution < -0.4 is 10.1 Å². The zero-order valence-electron chi connectivity index (χ0n) is 11.3. The smallest absolute Gasteiger partial charge is 0.275 e. The Kier molecular flexibility index (Phi) is 6.08. The molecule has 0 aromatic heterocycles. The number of non-ortho nitro benzene ring substituents is 1. The third-order valence-electron chi connectivity index (χ3n) is 2.69. The highest BCUT2D eigenvalue weighted by molar-refractivity contribution is 5.56. The van der Waals surface area contributed by atoms with Gasteiger partial charge in [0.05, 0.1) is 17.6 Å². The molecular weight excluding hydrogens is 248 g/mol. The zero-order valence-corrected chi connectivity index (χ0v) is 11.3. The Balaban J connectivity index is 2.78. The van der Waals surface area contributed by atoms with Crippen molar-refractivity contribution in [3.63, 3.8) is 0 Å². The number of nitro benzene ring substituents is 1. The fraction of sp³-hybridized carbons (Fsp3) is 0.538. The predicted octanol–water partition coefficient (Wildman–Crippen LogP) is 2.42. The van der Waals surface area contributed by atoms with Gasteiger partial charge in [0.15, 0.2) is 0 Å². The van der Waals surface area contributed by atoms with Gasteiger partial charge in [-0.1, -0.05) is 6.92 Å². The number of nitrogens with zero attached hydrogens (tertiary/aromatic N) is 1. The van der Waals surface area contributed by atoms with E-state index < -0.39 is 4.92 Å². The number of hydrogen-bond acceptors (Lipinski definition) is 5. The number of rotatable bonds is 8. The van der Waals surface area contributed by atoms with Gasteiger partial charge in [-0.05, 0) is 19.3 Å². The van der Waals surface area contributed by atoms with Crippen molar-refractivity contribution in [1.29, 1.82) is 0 Å². The molecule has 2 N–H and O–H groups in total. The summed E-state index contributed by atoms with van der Waals surface area (Å²) in [6.07, 6.45) is 0.695. The maximum absolute atomic E-state index is 10.8. The summed E-state index contributed by atoms with van der Waals surface area (Å²) in [7, 11) is 0. The summed E-state index contributed by atoms with van der Waals surface area (Å²) in [6, 6.07) is 4.63. The molecule has 0 saturated heterocycles. The van der Waals surface area contributed by atoms with Crippen LogP contribution in [0.15, 0.2) is 18.2 Å². The van der Waals surface area contributed by atoms with E-state index in [9.17, 15) is 10.1 Å². The first-order valence-corrected chi connectivity index (χ1v) is 6.33. The summed E-state index contributed by atoms with van der Waals surface area (Å²) in [5.41, 5.74) is 0.658. The van der Waals surface area contributed by atoms with Crippen LogP contribution in [0.1, 0.15) is 20.3 Å². The van der Waals surface area contributed by atoms with Crippen LogP contribution in [0, 0.1) is 16.0 Å². The van der Waals surface area contributed by atoms with E-state index >= 15 is 0 Å². The van der Waals surface area contributed by atoms with Crippen molar-refractivity contribution in [3.05, 3.63) is 28.3 Å². The van der Waals surface area contributed by atoms with Crippen molar-refractivity contribution in [2.75, 3.05) is 25.1 Å². The molecule has 0 fully saturated rings. The predicted molar refractivity (Wildman–Crippen MR) is 73.6 cm³/mol. The van der Waals surface area contributed by atoms with E-state index in [1.165, 1.54) is 12.1 Å². The van der Waals surface area contributed by atoms with Crippen LogP contribution in [-0.2, 0) is 0 Å². The topological polar surface area (TPSA) is 84.6 Å². The Bertz CT molecular complexity index is 423. The molecule has 0 aliphatic carbocycles. The lowest BCUT2D eigenvalue weighted by Gasteiger charge is -2.13. The second kappa shape index (κ2) is 7.58. The number of benzene rings is 1. The van der Waals surface area contributed by atoms with E-state index in [2.05, 4.69) is 5.32 Å². The number of aliphatic hydroxyl groups excluding tert-OH is 1. The van der Waals surface area contributed by atoms with E-state index in [-0.39, 0.29) is 12.3 Å². The van der Waals surface area contributed by atoms with Gasteiger partial charge >= 0.3 is 0 Å². The number of nitro groups is 1. The van der Waals surface area contributed by atoms with Gasteiger partial charge in [-0.2, -0.15) is 0 Å². The maximum Gasteiger partial charge on any atom is 0.275 e. The first-order chi connectivity index (χ1) is 9.06. The molecule has 1 aromatic rings. The number of ether oxygens (including phenoxy) is 1. The molecule has 6 heteroatoms. The minimum Gasteiger partial charge on any atom is -0.494 e. The van der Waals surface area contributed by atoms with Gasteiger partial charge in [-0.3, -0.25) is 10.1 Å². The van der Waals surface area contributed by atoms with E-state index in [0.717, 1.165) is 0 Å². The normalized spacial score (nSPS) is 11.9.